The van der Waals surface area contributed by atoms with E-state index in [1.54, 1.807) is 0 Å². The fourth-order valence-corrected chi connectivity index (χ4v) is 12.2. The number of pyridine rings is 2. The van der Waals surface area contributed by atoms with Crippen molar-refractivity contribution in [3.05, 3.63) is 165 Å². The Hall–Kier alpha value is -6.26. The van der Waals surface area contributed by atoms with Crippen LogP contribution in [0.3, 0.4) is 0 Å². The molecule has 10 rings (SSSR count). The van der Waals surface area contributed by atoms with Crippen LogP contribution in [0.4, 0.5) is 0 Å². The van der Waals surface area contributed by atoms with Crippen LogP contribution >= 0.6 is 0 Å². The number of hydrogen-bond acceptors (Lipinski definition) is 2. The van der Waals surface area contributed by atoms with Crippen LogP contribution in [0.5, 0.6) is 0 Å². The number of hydrogen-bond donors (Lipinski definition) is 0. The zero-order chi connectivity index (χ0) is 51.4. The van der Waals surface area contributed by atoms with E-state index in [4.69, 9.17) is 9.97 Å². The van der Waals surface area contributed by atoms with E-state index in [-0.39, 0.29) is 21.7 Å². The summed E-state index contributed by atoms with van der Waals surface area (Å²) in [7, 11) is 0. The Morgan fingerprint density at radius 1 is 0.347 bits per heavy atom. The molecule has 4 aromatic heterocycles. The van der Waals surface area contributed by atoms with E-state index in [0.29, 0.717) is 0 Å². The molecule has 4 heterocycles. The van der Waals surface area contributed by atoms with E-state index < -0.39 is 0 Å². The van der Waals surface area contributed by atoms with Gasteiger partial charge in [-0.3, -0.25) is 8.80 Å². The molecule has 10 aromatic rings. The summed E-state index contributed by atoms with van der Waals surface area (Å²) < 4.78 is 5.11. The van der Waals surface area contributed by atoms with Crippen molar-refractivity contribution < 1.29 is 0 Å². The van der Waals surface area contributed by atoms with E-state index in [0.717, 1.165) is 61.2 Å². The molecule has 0 unspecified atom stereocenters. The second-order valence-corrected chi connectivity index (χ2v) is 26.5. The van der Waals surface area contributed by atoms with Crippen molar-refractivity contribution in [2.45, 2.75) is 149 Å². The van der Waals surface area contributed by atoms with E-state index in [1.165, 1.54) is 110 Å². The summed E-state index contributed by atoms with van der Waals surface area (Å²) in [6.07, 6.45) is 5.47. The van der Waals surface area contributed by atoms with E-state index >= 15 is 0 Å². The second kappa shape index (κ2) is 17.7. The van der Waals surface area contributed by atoms with Gasteiger partial charge in [-0.05, 0) is 167 Å². The first-order valence-electron chi connectivity index (χ1n) is 26.7. The first kappa shape index (κ1) is 49.3. The summed E-state index contributed by atoms with van der Waals surface area (Å²) >= 11 is 0. The lowest BCUT2D eigenvalue weighted by molar-refractivity contribution is 0.392. The molecule has 0 saturated heterocycles. The Balaban J connectivity index is 1.28. The van der Waals surface area contributed by atoms with Crippen molar-refractivity contribution in [1.82, 2.24) is 18.8 Å². The molecule has 0 aliphatic rings. The average Bonchev–Trinajstić information content (AvgIpc) is 3.84. The molecular formula is C68H78N4. The predicted molar refractivity (Wildman–Crippen MR) is 310 cm³/mol. The van der Waals surface area contributed by atoms with Crippen LogP contribution in [0, 0.1) is 49.4 Å². The van der Waals surface area contributed by atoms with Gasteiger partial charge in [0.05, 0.1) is 33.8 Å². The Labute approximate surface area is 429 Å². The fourth-order valence-electron chi connectivity index (χ4n) is 12.2. The van der Waals surface area contributed by atoms with Gasteiger partial charge in [0.2, 0.25) is 0 Å². The molecule has 6 aromatic carbocycles. The predicted octanol–water partition coefficient (Wildman–Crippen LogP) is 18.3. The van der Waals surface area contributed by atoms with Crippen molar-refractivity contribution in [2.75, 3.05) is 0 Å². The number of benzene rings is 6. The van der Waals surface area contributed by atoms with Crippen molar-refractivity contribution in [2.24, 2.45) is 21.7 Å². The highest BCUT2D eigenvalue weighted by Crippen LogP contribution is 2.44. The van der Waals surface area contributed by atoms with Gasteiger partial charge in [0.25, 0.3) is 0 Å². The lowest BCUT2D eigenvalue weighted by atomic mass is 9.80. The maximum atomic E-state index is 5.85. The van der Waals surface area contributed by atoms with E-state index in [2.05, 4.69) is 229 Å². The lowest BCUT2D eigenvalue weighted by Gasteiger charge is -2.26. The number of aryl methyl sites for hydroxylation is 6. The number of nitrogens with zero attached hydrogens (tertiary/aromatic N) is 4. The third-order valence-electron chi connectivity index (χ3n) is 14.9. The molecule has 0 N–H and O–H groups in total. The smallest absolute Gasteiger partial charge is 0.145 e. The summed E-state index contributed by atoms with van der Waals surface area (Å²) in [6, 6.07) is 41.7. The maximum Gasteiger partial charge on any atom is 0.145 e. The van der Waals surface area contributed by atoms with Crippen LogP contribution in [0.1, 0.15) is 139 Å². The van der Waals surface area contributed by atoms with Gasteiger partial charge in [0.15, 0.2) is 0 Å². The third kappa shape index (κ3) is 9.24. The standard InChI is InChI=1S/C68H78N4/c1-41-23-21-24-42(2)59(41)61-55(69-63-51-29-19-17-27-49(51)53-33-45(37-65(5,6)7)47(39-67(11,12)13)35-57(53)71(61)63)31-32-56-62(60-43(3)25-22-26-44(60)4)72-58-36-48(40-68(14,15)16)46(38-66(8,9)10)34-54(58)50-28-18-20-30-52(50)64(72)70-56/h17-30,33-36H,31-32,37-40H2,1-16H3. The summed E-state index contributed by atoms with van der Waals surface area (Å²) in [5, 5.41) is 7.48. The summed E-state index contributed by atoms with van der Waals surface area (Å²) in [6.45, 7) is 37.6. The molecular weight excluding hydrogens is 873 g/mol. The Bertz CT molecular complexity index is 3480. The van der Waals surface area contributed by atoms with Crippen LogP contribution in [-0.4, -0.2) is 18.8 Å². The molecule has 4 heteroatoms. The van der Waals surface area contributed by atoms with Crippen molar-refractivity contribution in [3.8, 4) is 22.5 Å². The number of aromatic nitrogens is 4. The number of imidazole rings is 2. The molecule has 0 spiro atoms. The third-order valence-corrected chi connectivity index (χ3v) is 14.9. The molecule has 0 atom stereocenters. The van der Waals surface area contributed by atoms with E-state index in [9.17, 15) is 0 Å². The van der Waals surface area contributed by atoms with Crippen LogP contribution in [-0.2, 0) is 38.5 Å². The fraction of sp³-hybridized carbons (Fsp3) is 0.382. The van der Waals surface area contributed by atoms with Gasteiger partial charge < -0.3 is 0 Å². The second-order valence-electron chi connectivity index (χ2n) is 26.5. The minimum Gasteiger partial charge on any atom is -0.291 e. The quantitative estimate of drug-likeness (QED) is 0.135. The lowest BCUT2D eigenvalue weighted by Crippen LogP contribution is -2.15. The first-order chi connectivity index (χ1) is 33.8. The van der Waals surface area contributed by atoms with Crippen LogP contribution < -0.4 is 0 Å². The Morgan fingerprint density at radius 3 is 0.944 bits per heavy atom. The Morgan fingerprint density at radius 2 is 0.639 bits per heavy atom. The largest absolute Gasteiger partial charge is 0.291 e. The highest BCUT2D eigenvalue weighted by atomic mass is 15.0. The molecule has 72 heavy (non-hydrogen) atoms. The normalized spacial score (nSPS) is 13.1. The molecule has 370 valence electrons. The minimum absolute atomic E-state index is 0.118. The number of rotatable bonds is 9. The summed E-state index contributed by atoms with van der Waals surface area (Å²) in [5.74, 6) is 0. The van der Waals surface area contributed by atoms with Crippen molar-refractivity contribution >= 4 is 54.6 Å². The zero-order valence-electron chi connectivity index (χ0n) is 46.4. The molecule has 0 fully saturated rings. The Kier molecular flexibility index (Phi) is 12.2. The maximum absolute atomic E-state index is 5.85. The van der Waals surface area contributed by atoms with Gasteiger partial charge in [-0.2, -0.15) is 0 Å². The highest BCUT2D eigenvalue weighted by molar-refractivity contribution is 6.14. The van der Waals surface area contributed by atoms with Gasteiger partial charge in [-0.25, -0.2) is 9.97 Å². The van der Waals surface area contributed by atoms with Gasteiger partial charge in [0, 0.05) is 32.7 Å². The zero-order valence-corrected chi connectivity index (χ0v) is 46.4. The molecule has 0 bridgehead atoms. The SMILES string of the molecule is Cc1cccc(C)c1-c1c(CCc2nc3c4ccccc4c4cc(CC(C)(C)C)c(CC(C)(C)C)cc4n3c2-c2c(C)cccc2C)nc2c3ccccc3c3cc(CC(C)(C)C)c(CC(C)(C)C)cc3n12. The van der Waals surface area contributed by atoms with Gasteiger partial charge in [-0.1, -0.05) is 168 Å². The topological polar surface area (TPSA) is 34.6 Å². The minimum atomic E-state index is 0.118. The van der Waals surface area contributed by atoms with Crippen molar-refractivity contribution in [1.29, 1.82) is 0 Å². The molecule has 0 amide bonds. The monoisotopic (exact) mass is 951 g/mol. The van der Waals surface area contributed by atoms with Crippen LogP contribution in [0.25, 0.3) is 77.2 Å². The van der Waals surface area contributed by atoms with Crippen LogP contribution in [0.15, 0.2) is 109 Å². The molecule has 4 nitrogen and oxygen atoms in total. The van der Waals surface area contributed by atoms with Crippen LogP contribution in [0.2, 0.25) is 0 Å². The molecule has 0 aliphatic carbocycles. The van der Waals surface area contributed by atoms with Gasteiger partial charge in [0.1, 0.15) is 11.3 Å². The highest BCUT2D eigenvalue weighted by Gasteiger charge is 2.29. The van der Waals surface area contributed by atoms with Gasteiger partial charge >= 0.3 is 0 Å². The van der Waals surface area contributed by atoms with Crippen molar-refractivity contribution in [3.63, 3.8) is 0 Å². The summed E-state index contributed by atoms with van der Waals surface area (Å²) in [4.78, 5) is 11.7. The molecule has 0 radical (unpaired) electrons. The number of fused-ring (bicyclic) bond motifs is 12. The average molecular weight is 951 g/mol. The van der Waals surface area contributed by atoms with E-state index in [1.807, 2.05) is 0 Å². The summed E-state index contributed by atoms with van der Waals surface area (Å²) in [5.41, 5.74) is 23.0. The first-order valence-corrected chi connectivity index (χ1v) is 26.7. The molecule has 0 aliphatic heterocycles. The van der Waals surface area contributed by atoms with Gasteiger partial charge in [-0.15, -0.1) is 0 Å². The molecule has 0 saturated carbocycles.